The minimum atomic E-state index is -4.87. The number of ether oxygens (including phenoxy) is 2. The molecule has 0 heterocycles. The highest BCUT2D eigenvalue weighted by atomic mass is 19.4. The van der Waals surface area contributed by atoms with Crippen LogP contribution in [0, 0.1) is 6.92 Å². The van der Waals surface area contributed by atoms with Gasteiger partial charge in [-0.25, -0.2) is 4.79 Å². The molecule has 0 radical (unpaired) electrons. The number of carboxylic acids is 1. The molecular formula is C16H18F3O6-. The first-order chi connectivity index (χ1) is 11.2. The third kappa shape index (κ3) is 6.26. The average Bonchev–Trinajstić information content (AvgIpc) is 2.37. The number of hydrogen-bond acceptors (Lipinski definition) is 6. The van der Waals surface area contributed by atoms with Crippen LogP contribution in [-0.4, -0.2) is 28.9 Å². The van der Waals surface area contributed by atoms with Gasteiger partial charge in [0.25, 0.3) is 0 Å². The number of aliphatic hydroxyl groups excluding tert-OH is 1. The second kappa shape index (κ2) is 7.30. The van der Waals surface area contributed by atoms with Crippen LogP contribution >= 0.6 is 0 Å². The molecule has 1 aromatic carbocycles. The third-order valence-electron chi connectivity index (χ3n) is 2.92. The molecule has 0 unspecified atom stereocenters. The van der Waals surface area contributed by atoms with Crippen molar-refractivity contribution < 1.29 is 42.4 Å². The Morgan fingerprint density at radius 1 is 1.24 bits per heavy atom. The van der Waals surface area contributed by atoms with Crippen LogP contribution in [0.2, 0.25) is 0 Å². The summed E-state index contributed by atoms with van der Waals surface area (Å²) in [7, 11) is 0. The van der Waals surface area contributed by atoms with E-state index in [1.54, 1.807) is 0 Å². The van der Waals surface area contributed by atoms with Gasteiger partial charge in [-0.05, 0) is 44.9 Å². The van der Waals surface area contributed by atoms with Gasteiger partial charge in [-0.3, -0.25) is 0 Å². The number of carboxylic acid groups (broad SMARTS) is 1. The van der Waals surface area contributed by atoms with Crippen LogP contribution in [0.4, 0.5) is 18.0 Å². The average molecular weight is 363 g/mol. The molecule has 1 atom stereocenters. The molecule has 0 fully saturated rings. The molecule has 1 rings (SSSR count). The molecule has 140 valence electrons. The molecule has 25 heavy (non-hydrogen) atoms. The van der Waals surface area contributed by atoms with E-state index in [1.165, 1.54) is 33.8 Å². The molecule has 0 bridgehead atoms. The molecule has 1 aromatic rings. The summed E-state index contributed by atoms with van der Waals surface area (Å²) in [6.07, 6.45) is -8.72. The smallest absolute Gasteiger partial charge is 0.514 e. The van der Waals surface area contributed by atoms with Gasteiger partial charge in [0.15, 0.2) is 0 Å². The first kappa shape index (κ1) is 20.8. The molecule has 9 heteroatoms. The molecule has 0 aliphatic carbocycles. The number of halogens is 3. The van der Waals surface area contributed by atoms with E-state index in [0.29, 0.717) is 6.07 Å². The van der Waals surface area contributed by atoms with Crippen LogP contribution in [0.25, 0.3) is 0 Å². The number of aliphatic hydroxyl groups is 1. The fourth-order valence-corrected chi connectivity index (χ4v) is 1.97. The lowest BCUT2D eigenvalue weighted by molar-refractivity contribution is -0.314. The topological polar surface area (TPSA) is 95.9 Å². The summed E-state index contributed by atoms with van der Waals surface area (Å²) in [4.78, 5) is 22.2. The van der Waals surface area contributed by atoms with Crippen LogP contribution in [0.3, 0.4) is 0 Å². The molecule has 0 aromatic heterocycles. The van der Waals surface area contributed by atoms with E-state index in [-0.39, 0.29) is 11.1 Å². The van der Waals surface area contributed by atoms with Crippen molar-refractivity contribution in [1.82, 2.24) is 0 Å². The Morgan fingerprint density at radius 3 is 2.24 bits per heavy atom. The Morgan fingerprint density at radius 2 is 1.80 bits per heavy atom. The van der Waals surface area contributed by atoms with E-state index in [9.17, 15) is 33.0 Å². The zero-order valence-electron chi connectivity index (χ0n) is 14.1. The number of alkyl halides is 3. The lowest BCUT2D eigenvalue weighted by Crippen LogP contribution is -2.36. The number of aryl methyl sites for hydroxylation is 1. The summed E-state index contributed by atoms with van der Waals surface area (Å²) in [6.45, 7) is 5.83. The predicted molar refractivity (Wildman–Crippen MR) is 77.8 cm³/mol. The number of aliphatic carboxylic acids is 1. The maximum Gasteiger partial charge on any atom is 0.514 e. The van der Waals surface area contributed by atoms with E-state index in [1.807, 2.05) is 0 Å². The molecule has 0 saturated heterocycles. The second-order valence-electron chi connectivity index (χ2n) is 6.39. The molecule has 1 N–H and O–H groups in total. The lowest BCUT2D eigenvalue weighted by atomic mass is 10.00. The van der Waals surface area contributed by atoms with E-state index in [0.717, 1.165) is 0 Å². The monoisotopic (exact) mass is 363 g/mol. The summed E-state index contributed by atoms with van der Waals surface area (Å²) in [5.74, 6) is -2.55. The van der Waals surface area contributed by atoms with Crippen LogP contribution in [0.5, 0.6) is 5.75 Å². The van der Waals surface area contributed by atoms with Crippen molar-refractivity contribution in [3.63, 3.8) is 0 Å². The molecule has 6 nitrogen and oxygen atoms in total. The number of rotatable bonds is 4. The van der Waals surface area contributed by atoms with E-state index in [2.05, 4.69) is 0 Å². The van der Waals surface area contributed by atoms with Gasteiger partial charge in [-0.2, -0.15) is 13.2 Å². The highest BCUT2D eigenvalue weighted by Gasteiger charge is 2.37. The molecular weight excluding hydrogens is 345 g/mol. The summed E-state index contributed by atoms with van der Waals surface area (Å²) in [6, 6.07) is 1.79. The van der Waals surface area contributed by atoms with Gasteiger partial charge >= 0.3 is 12.3 Å². The summed E-state index contributed by atoms with van der Waals surface area (Å²) in [5.41, 5.74) is -2.40. The van der Waals surface area contributed by atoms with Crippen molar-refractivity contribution in [2.75, 3.05) is 0 Å². The first-order valence-electron chi connectivity index (χ1n) is 7.21. The summed E-state index contributed by atoms with van der Waals surface area (Å²) >= 11 is 0. The lowest BCUT2D eigenvalue weighted by Gasteiger charge is -2.21. The highest BCUT2D eigenvalue weighted by molar-refractivity contribution is 5.70. The minimum Gasteiger partial charge on any atom is -0.547 e. The number of benzene rings is 1. The maximum absolute atomic E-state index is 13.3. The Labute approximate surface area is 142 Å². The largest absolute Gasteiger partial charge is 0.547 e. The van der Waals surface area contributed by atoms with Gasteiger partial charge in [-0.15, -0.1) is 0 Å². The Hall–Kier alpha value is -2.29. The maximum atomic E-state index is 13.3. The van der Waals surface area contributed by atoms with Crippen LogP contribution in [0.1, 0.15) is 37.5 Å². The number of hydrogen-bond donors (Lipinski definition) is 1. The number of carbonyl (C=O) groups is 2. The molecule has 0 amide bonds. The predicted octanol–water partition coefficient (Wildman–Crippen LogP) is 1.98. The Balaban J connectivity index is 3.25. The van der Waals surface area contributed by atoms with Crippen LogP contribution < -0.4 is 9.84 Å². The van der Waals surface area contributed by atoms with Gasteiger partial charge in [0, 0.05) is 6.42 Å². The van der Waals surface area contributed by atoms with Crippen LogP contribution in [-0.2, 0) is 22.1 Å². The minimum absolute atomic E-state index is 0.0683. The van der Waals surface area contributed by atoms with Crippen molar-refractivity contribution in [3.05, 3.63) is 28.8 Å². The fourth-order valence-electron chi connectivity index (χ4n) is 1.97. The fraction of sp³-hybridized carbons (Fsp3) is 0.500. The first-order valence-corrected chi connectivity index (χ1v) is 7.21. The Kier molecular flexibility index (Phi) is 6.06. The van der Waals surface area contributed by atoms with E-state index < -0.39 is 47.7 Å². The van der Waals surface area contributed by atoms with Crippen molar-refractivity contribution in [1.29, 1.82) is 0 Å². The SMILES string of the molecule is Cc1cc(C[C@@H](O)C(=O)[O-])cc(C(F)(F)F)c1OC(=O)OC(C)(C)C. The quantitative estimate of drug-likeness (QED) is 0.649. The number of carbonyl (C=O) groups excluding carboxylic acids is 2. The summed E-state index contributed by atoms with van der Waals surface area (Å²) < 4.78 is 49.4. The molecule has 0 aliphatic heterocycles. The van der Waals surface area contributed by atoms with E-state index in [4.69, 9.17) is 9.47 Å². The van der Waals surface area contributed by atoms with Gasteiger partial charge in [-0.1, -0.05) is 6.07 Å². The highest BCUT2D eigenvalue weighted by Crippen LogP contribution is 2.39. The van der Waals surface area contributed by atoms with Gasteiger partial charge < -0.3 is 24.5 Å². The molecule has 0 aliphatic rings. The zero-order chi connectivity index (χ0) is 19.6. The standard InChI is InChI=1S/C16H19F3O6/c1-8-5-9(7-11(20)13(21)22)6-10(16(17,18)19)12(8)24-14(23)25-15(2,3)4/h5-6,11,20H,7H2,1-4H3,(H,21,22)/p-1/t11-/m1/s1. The zero-order valence-corrected chi connectivity index (χ0v) is 14.1. The van der Waals surface area contributed by atoms with Crippen molar-refractivity contribution in [2.45, 2.75) is 52.0 Å². The summed E-state index contributed by atoms with van der Waals surface area (Å²) in [5, 5.41) is 19.8. The van der Waals surface area contributed by atoms with Crippen molar-refractivity contribution >= 4 is 12.1 Å². The van der Waals surface area contributed by atoms with Crippen LogP contribution in [0.15, 0.2) is 12.1 Å². The Bertz CT molecular complexity index is 661. The van der Waals surface area contributed by atoms with Crippen molar-refractivity contribution in [3.8, 4) is 5.75 Å². The van der Waals surface area contributed by atoms with E-state index >= 15 is 0 Å². The van der Waals surface area contributed by atoms with Gasteiger partial charge in [0.1, 0.15) is 11.4 Å². The second-order valence-corrected chi connectivity index (χ2v) is 6.39. The molecule has 0 saturated carbocycles. The molecule has 0 spiro atoms. The van der Waals surface area contributed by atoms with Gasteiger partial charge in [0.2, 0.25) is 0 Å². The van der Waals surface area contributed by atoms with Crippen molar-refractivity contribution in [2.24, 2.45) is 0 Å². The normalized spacial score (nSPS) is 13.3. The third-order valence-corrected chi connectivity index (χ3v) is 2.92. The van der Waals surface area contributed by atoms with Gasteiger partial charge in [0.05, 0.1) is 17.6 Å².